The van der Waals surface area contributed by atoms with Crippen LogP contribution in [0.25, 0.3) is 0 Å². The number of allylic oxidation sites excluding steroid dienone is 4. The fraction of sp³-hybridized carbons (Fsp3) is 0.600. The zero-order chi connectivity index (χ0) is 7.07. The quantitative estimate of drug-likeness (QED) is 0.310. The van der Waals surface area contributed by atoms with Crippen LogP contribution >= 0.6 is 0 Å². The van der Waals surface area contributed by atoms with Crippen LogP contribution in [0.3, 0.4) is 0 Å². The van der Waals surface area contributed by atoms with Crippen molar-refractivity contribution in [3.05, 3.63) is 24.3 Å². The van der Waals surface area contributed by atoms with Gasteiger partial charge in [0.2, 0.25) is 0 Å². The summed E-state index contributed by atoms with van der Waals surface area (Å²) < 4.78 is 0. The van der Waals surface area contributed by atoms with Crippen molar-refractivity contribution in [1.82, 2.24) is 0 Å². The van der Waals surface area contributed by atoms with E-state index in [1.165, 1.54) is 38.5 Å². The van der Waals surface area contributed by atoms with E-state index in [4.69, 9.17) is 0 Å². The minimum Gasteiger partial charge on any atom is -1.00 e. The summed E-state index contributed by atoms with van der Waals surface area (Å²) in [5.74, 6) is 0. The molecule has 2 aliphatic rings. The zero-order valence-electron chi connectivity index (χ0n) is 7.65. The number of hydrogen-bond acceptors (Lipinski definition) is 0. The van der Waals surface area contributed by atoms with Gasteiger partial charge in [-0.15, -0.1) is 0 Å². The van der Waals surface area contributed by atoms with Gasteiger partial charge in [-0.2, -0.15) is 12.8 Å². The van der Waals surface area contributed by atoms with Crippen molar-refractivity contribution in [2.45, 2.75) is 38.5 Å². The second-order valence-corrected chi connectivity index (χ2v) is 2.60. The molecule has 0 nitrogen and oxygen atoms in total. The molecule has 0 aromatic rings. The number of rotatable bonds is 0. The maximum Gasteiger partial charge on any atom is 4.00 e. The van der Waals surface area contributed by atoms with Crippen LogP contribution in [0.1, 0.15) is 38.5 Å². The second-order valence-electron chi connectivity index (χ2n) is 2.60. The molecule has 0 amide bonds. The summed E-state index contributed by atoms with van der Waals surface area (Å²) in [6.45, 7) is 0. The van der Waals surface area contributed by atoms with Crippen LogP contribution < -0.4 is 24.8 Å². The van der Waals surface area contributed by atoms with Crippen LogP contribution in [-0.2, 0) is 25.8 Å². The fourth-order valence-corrected chi connectivity index (χ4v) is 1.02. The van der Waals surface area contributed by atoms with Gasteiger partial charge in [0.05, 0.1) is 0 Å². The van der Waals surface area contributed by atoms with Gasteiger partial charge in [-0.05, 0) is 0 Å². The third kappa shape index (κ3) is 12.9. The standard InChI is InChI=1S/2C5H7.2ClH.Hf/c2*1-2-4-5-3-1;;;/h2*1H,2,4-5H2;2*1H;/q2*-1;;;+4/p-2. The first kappa shape index (κ1) is 19.5. The van der Waals surface area contributed by atoms with Crippen molar-refractivity contribution < 1.29 is 50.7 Å². The number of hydrogen-bond donors (Lipinski definition) is 0. The molecule has 0 saturated carbocycles. The molecule has 0 saturated heterocycles. The molecule has 0 atom stereocenters. The van der Waals surface area contributed by atoms with E-state index in [0.29, 0.717) is 0 Å². The molecule has 0 aliphatic heterocycles. The predicted molar refractivity (Wildman–Crippen MR) is 43.3 cm³/mol. The summed E-state index contributed by atoms with van der Waals surface area (Å²) in [4.78, 5) is 0. The van der Waals surface area contributed by atoms with Crippen LogP contribution in [0.5, 0.6) is 0 Å². The van der Waals surface area contributed by atoms with E-state index in [-0.39, 0.29) is 50.7 Å². The van der Waals surface area contributed by atoms with Crippen LogP contribution in [0.15, 0.2) is 12.2 Å². The van der Waals surface area contributed by atoms with Crippen molar-refractivity contribution in [2.75, 3.05) is 0 Å². The first-order valence-corrected chi connectivity index (χ1v) is 4.10. The van der Waals surface area contributed by atoms with Gasteiger partial charge in [-0.25, -0.2) is 0 Å². The Bertz CT molecular complexity index is 105. The molecule has 0 aromatic heterocycles. The van der Waals surface area contributed by atoms with Crippen molar-refractivity contribution in [3.63, 3.8) is 0 Å². The van der Waals surface area contributed by atoms with E-state index in [9.17, 15) is 0 Å². The molecular weight excluding hydrogens is 370 g/mol. The average Bonchev–Trinajstić information content (AvgIpc) is 2.67. The molecule has 0 spiro atoms. The zero-order valence-corrected chi connectivity index (χ0v) is 12.8. The Morgan fingerprint density at radius 1 is 0.769 bits per heavy atom. The van der Waals surface area contributed by atoms with Crippen molar-refractivity contribution in [3.8, 4) is 0 Å². The molecule has 2 rings (SSSR count). The minimum atomic E-state index is 0. The molecule has 0 radical (unpaired) electrons. The normalized spacial score (nSPS) is 16.0. The molecule has 13 heavy (non-hydrogen) atoms. The first-order chi connectivity index (χ1) is 5.00. The van der Waals surface area contributed by atoms with E-state index in [1.54, 1.807) is 0 Å². The Balaban J connectivity index is -0.000000125. The minimum absolute atomic E-state index is 0. The molecule has 3 heteroatoms. The Morgan fingerprint density at radius 3 is 1.23 bits per heavy atom. The smallest absolute Gasteiger partial charge is 1.00 e. The summed E-state index contributed by atoms with van der Waals surface area (Å²) in [5, 5.41) is 0. The summed E-state index contributed by atoms with van der Waals surface area (Å²) in [7, 11) is 0. The van der Waals surface area contributed by atoms with Gasteiger partial charge in [-0.3, -0.25) is 12.2 Å². The maximum atomic E-state index is 3.10. The topological polar surface area (TPSA) is 0 Å². The van der Waals surface area contributed by atoms with Crippen LogP contribution in [-0.4, -0.2) is 0 Å². The molecule has 0 aromatic carbocycles. The fourth-order valence-electron chi connectivity index (χ4n) is 1.02. The predicted octanol–water partition coefficient (Wildman–Crippen LogP) is -2.94. The third-order valence-electron chi connectivity index (χ3n) is 1.63. The third-order valence-corrected chi connectivity index (χ3v) is 1.63. The Labute approximate surface area is 113 Å². The molecular formula is C10H14Cl2Hf. The molecule has 0 bridgehead atoms. The molecule has 0 fully saturated rings. The van der Waals surface area contributed by atoms with Gasteiger partial charge in [0.1, 0.15) is 0 Å². The van der Waals surface area contributed by atoms with Crippen LogP contribution in [0.2, 0.25) is 0 Å². The summed E-state index contributed by atoms with van der Waals surface area (Å²) in [6.07, 6.45) is 18.0. The van der Waals surface area contributed by atoms with E-state index in [1.807, 2.05) is 0 Å². The van der Waals surface area contributed by atoms with E-state index in [0.717, 1.165) is 0 Å². The van der Waals surface area contributed by atoms with Gasteiger partial charge in [0.25, 0.3) is 0 Å². The van der Waals surface area contributed by atoms with Crippen LogP contribution in [0.4, 0.5) is 0 Å². The van der Waals surface area contributed by atoms with Crippen molar-refractivity contribution >= 4 is 0 Å². The first-order valence-electron chi connectivity index (χ1n) is 4.10. The molecule has 0 unspecified atom stereocenters. The summed E-state index contributed by atoms with van der Waals surface area (Å²) in [6, 6.07) is 0. The van der Waals surface area contributed by atoms with E-state index < -0.39 is 0 Å². The largest absolute Gasteiger partial charge is 4.00 e. The Morgan fingerprint density at radius 2 is 1.15 bits per heavy atom. The van der Waals surface area contributed by atoms with Crippen molar-refractivity contribution in [1.29, 1.82) is 0 Å². The van der Waals surface area contributed by atoms with Crippen molar-refractivity contribution in [2.24, 2.45) is 0 Å². The van der Waals surface area contributed by atoms with Gasteiger partial charge in [0.15, 0.2) is 0 Å². The number of halogens is 2. The molecule has 72 valence electrons. The summed E-state index contributed by atoms with van der Waals surface area (Å²) >= 11 is 0. The van der Waals surface area contributed by atoms with Gasteiger partial charge < -0.3 is 37.0 Å². The van der Waals surface area contributed by atoms with Crippen LogP contribution in [0, 0.1) is 12.2 Å². The van der Waals surface area contributed by atoms with Gasteiger partial charge in [-0.1, -0.05) is 25.7 Å². The summed E-state index contributed by atoms with van der Waals surface area (Å²) in [5.41, 5.74) is 0. The van der Waals surface area contributed by atoms with Gasteiger partial charge >= 0.3 is 25.8 Å². The Hall–Kier alpha value is 0.930. The molecule has 0 heterocycles. The van der Waals surface area contributed by atoms with E-state index in [2.05, 4.69) is 24.3 Å². The monoisotopic (exact) mass is 384 g/mol. The molecule has 2 aliphatic carbocycles. The SMILES string of the molecule is [C-]1=CCCC1.[C-]1=CCCC1.[Cl-].[Cl-].[Hf+4]. The second kappa shape index (κ2) is 15.4. The molecule has 0 N–H and O–H groups in total. The van der Waals surface area contributed by atoms with E-state index >= 15 is 0 Å². The average molecular weight is 384 g/mol. The maximum absolute atomic E-state index is 3.10. The van der Waals surface area contributed by atoms with Gasteiger partial charge in [0, 0.05) is 0 Å². The Kier molecular flexibility index (Phi) is 23.1.